The summed E-state index contributed by atoms with van der Waals surface area (Å²) in [6.07, 6.45) is -0.665. The minimum Gasteiger partial charge on any atom is -0.480 e. The molecule has 0 saturated carbocycles. The number of hydrogen-bond donors (Lipinski definition) is 1. The first-order valence-corrected chi connectivity index (χ1v) is 4.98. The van der Waals surface area contributed by atoms with Crippen LogP contribution in [-0.2, 0) is 16.1 Å². The van der Waals surface area contributed by atoms with E-state index in [0.717, 1.165) is 4.90 Å². The number of carboxylic acids is 1. The molecule has 0 spiro atoms. The molecule has 17 heavy (non-hydrogen) atoms. The Morgan fingerprint density at radius 1 is 1.47 bits per heavy atom. The Hall–Kier alpha value is -2.11. The van der Waals surface area contributed by atoms with Gasteiger partial charge in [0.2, 0.25) is 0 Å². The maximum Gasteiger partial charge on any atom is 0.411 e. The predicted molar refractivity (Wildman–Crippen MR) is 54.7 cm³/mol. The van der Waals surface area contributed by atoms with E-state index in [1.807, 2.05) is 0 Å². The van der Waals surface area contributed by atoms with Crippen LogP contribution in [0.5, 0.6) is 0 Å². The Kier molecular flexibility index (Phi) is 2.95. The second kappa shape index (κ2) is 4.40. The second-order valence-electron chi connectivity index (χ2n) is 3.69. The molecule has 0 aliphatic carbocycles. The standard InChI is InChI=1S/C11H10FNO4/c12-8-3-1-7(2-4-8)5-13-9(10(14)15)6-17-11(13)16/h1-4,9H,5-6H2,(H,14,15). The lowest BCUT2D eigenvalue weighted by molar-refractivity contribution is -0.141. The van der Waals surface area contributed by atoms with Crippen molar-refractivity contribution < 1.29 is 23.8 Å². The molecule has 5 nitrogen and oxygen atoms in total. The zero-order chi connectivity index (χ0) is 12.4. The van der Waals surface area contributed by atoms with Crippen molar-refractivity contribution in [3.05, 3.63) is 35.6 Å². The highest BCUT2D eigenvalue weighted by Gasteiger charge is 2.37. The van der Waals surface area contributed by atoms with Crippen LogP contribution in [0.4, 0.5) is 9.18 Å². The molecule has 0 bridgehead atoms. The van der Waals surface area contributed by atoms with Crippen LogP contribution in [0, 0.1) is 5.82 Å². The molecule has 2 rings (SSSR count). The summed E-state index contributed by atoms with van der Waals surface area (Å²) in [6, 6.07) is 4.53. The quantitative estimate of drug-likeness (QED) is 0.861. The fourth-order valence-corrected chi connectivity index (χ4v) is 1.62. The SMILES string of the molecule is O=C(O)C1COC(=O)N1Cc1ccc(F)cc1. The normalized spacial score (nSPS) is 19.2. The number of ether oxygens (including phenoxy) is 1. The van der Waals surface area contributed by atoms with Crippen LogP contribution in [0.1, 0.15) is 5.56 Å². The summed E-state index contributed by atoms with van der Waals surface area (Å²) in [7, 11) is 0. The van der Waals surface area contributed by atoms with Crippen LogP contribution in [0.3, 0.4) is 0 Å². The molecule has 1 saturated heterocycles. The molecule has 90 valence electrons. The van der Waals surface area contributed by atoms with Gasteiger partial charge in [0.25, 0.3) is 0 Å². The molecular weight excluding hydrogens is 229 g/mol. The van der Waals surface area contributed by atoms with Crippen molar-refractivity contribution in [2.75, 3.05) is 6.61 Å². The second-order valence-corrected chi connectivity index (χ2v) is 3.69. The summed E-state index contributed by atoms with van der Waals surface area (Å²) in [5.41, 5.74) is 0.650. The van der Waals surface area contributed by atoms with E-state index in [4.69, 9.17) is 5.11 Å². The van der Waals surface area contributed by atoms with E-state index in [9.17, 15) is 14.0 Å². The van der Waals surface area contributed by atoms with Crippen molar-refractivity contribution >= 4 is 12.1 Å². The predicted octanol–water partition coefficient (Wildman–Crippen LogP) is 1.23. The molecule has 1 heterocycles. The first kappa shape index (κ1) is 11.4. The van der Waals surface area contributed by atoms with Crippen molar-refractivity contribution in [3.63, 3.8) is 0 Å². The third-order valence-corrected chi connectivity index (χ3v) is 2.53. The third kappa shape index (κ3) is 2.35. The first-order chi connectivity index (χ1) is 8.08. The van der Waals surface area contributed by atoms with Gasteiger partial charge in [0.15, 0.2) is 6.04 Å². The lowest BCUT2D eigenvalue weighted by Crippen LogP contribution is -2.38. The van der Waals surface area contributed by atoms with Gasteiger partial charge in [0, 0.05) is 0 Å². The van der Waals surface area contributed by atoms with E-state index >= 15 is 0 Å². The molecule has 1 aromatic carbocycles. The monoisotopic (exact) mass is 239 g/mol. The molecule has 1 unspecified atom stereocenters. The topological polar surface area (TPSA) is 66.8 Å². The minimum atomic E-state index is -1.11. The Bertz CT molecular complexity index is 445. The number of carboxylic acid groups (broad SMARTS) is 1. The zero-order valence-corrected chi connectivity index (χ0v) is 8.80. The number of rotatable bonds is 3. The van der Waals surface area contributed by atoms with Crippen molar-refractivity contribution in [2.24, 2.45) is 0 Å². The number of carbonyl (C=O) groups is 2. The summed E-state index contributed by atoms with van der Waals surface area (Å²) in [6.45, 7) is -0.0640. The number of carbonyl (C=O) groups excluding carboxylic acids is 1. The van der Waals surface area contributed by atoms with Gasteiger partial charge in [-0.05, 0) is 17.7 Å². The Balaban J connectivity index is 2.13. The molecule has 0 aromatic heterocycles. The number of benzene rings is 1. The highest BCUT2D eigenvalue weighted by molar-refractivity contribution is 5.82. The zero-order valence-electron chi connectivity index (χ0n) is 8.80. The molecule has 1 aliphatic rings. The number of halogens is 1. The Morgan fingerprint density at radius 2 is 2.12 bits per heavy atom. The van der Waals surface area contributed by atoms with Crippen molar-refractivity contribution in [2.45, 2.75) is 12.6 Å². The van der Waals surface area contributed by atoms with Crippen molar-refractivity contribution in [1.82, 2.24) is 4.90 Å². The van der Waals surface area contributed by atoms with Crippen molar-refractivity contribution in [1.29, 1.82) is 0 Å². The Morgan fingerprint density at radius 3 is 2.71 bits per heavy atom. The summed E-state index contributed by atoms with van der Waals surface area (Å²) < 4.78 is 17.3. The van der Waals surface area contributed by atoms with Crippen LogP contribution in [0.25, 0.3) is 0 Å². The number of nitrogens with zero attached hydrogens (tertiary/aromatic N) is 1. The summed E-state index contributed by atoms with van der Waals surface area (Å²) in [5.74, 6) is -1.49. The highest BCUT2D eigenvalue weighted by atomic mass is 19.1. The molecule has 1 fully saturated rings. The molecule has 0 radical (unpaired) electrons. The molecule has 6 heteroatoms. The number of hydrogen-bond acceptors (Lipinski definition) is 3. The van der Waals surface area contributed by atoms with E-state index in [2.05, 4.69) is 4.74 Å². The molecule has 1 amide bonds. The van der Waals surface area contributed by atoms with E-state index in [1.165, 1.54) is 24.3 Å². The smallest absolute Gasteiger partial charge is 0.411 e. The summed E-state index contributed by atoms with van der Waals surface area (Å²) in [5, 5.41) is 8.89. The summed E-state index contributed by atoms with van der Waals surface area (Å²) >= 11 is 0. The van der Waals surface area contributed by atoms with Gasteiger partial charge in [-0.15, -0.1) is 0 Å². The maximum atomic E-state index is 12.7. The molecule has 1 atom stereocenters. The van der Waals surface area contributed by atoms with Gasteiger partial charge in [-0.1, -0.05) is 12.1 Å². The van der Waals surface area contributed by atoms with Crippen LogP contribution >= 0.6 is 0 Å². The van der Waals surface area contributed by atoms with Gasteiger partial charge < -0.3 is 9.84 Å². The lowest BCUT2D eigenvalue weighted by atomic mass is 10.2. The number of amides is 1. The minimum absolute atomic E-state index is 0.0933. The fourth-order valence-electron chi connectivity index (χ4n) is 1.62. The molecule has 1 aliphatic heterocycles. The van der Waals surface area contributed by atoms with Gasteiger partial charge in [-0.25, -0.2) is 14.0 Å². The molecule has 1 N–H and O–H groups in total. The summed E-state index contributed by atoms with van der Waals surface area (Å²) in [4.78, 5) is 23.3. The third-order valence-electron chi connectivity index (χ3n) is 2.53. The van der Waals surface area contributed by atoms with E-state index < -0.39 is 18.1 Å². The first-order valence-electron chi connectivity index (χ1n) is 4.98. The average Bonchev–Trinajstić information content (AvgIpc) is 2.64. The van der Waals surface area contributed by atoms with E-state index in [1.54, 1.807) is 0 Å². The van der Waals surface area contributed by atoms with Crippen LogP contribution in [0.15, 0.2) is 24.3 Å². The molecule has 1 aromatic rings. The fraction of sp³-hybridized carbons (Fsp3) is 0.273. The number of cyclic esters (lactones) is 1. The lowest BCUT2D eigenvalue weighted by Gasteiger charge is -2.17. The average molecular weight is 239 g/mol. The van der Waals surface area contributed by atoms with Gasteiger partial charge in [-0.2, -0.15) is 0 Å². The van der Waals surface area contributed by atoms with Gasteiger partial charge in [0.05, 0.1) is 6.54 Å². The van der Waals surface area contributed by atoms with Crippen LogP contribution < -0.4 is 0 Å². The largest absolute Gasteiger partial charge is 0.480 e. The highest BCUT2D eigenvalue weighted by Crippen LogP contribution is 2.17. The van der Waals surface area contributed by atoms with Crippen LogP contribution in [-0.4, -0.2) is 34.7 Å². The number of aliphatic carboxylic acids is 1. The van der Waals surface area contributed by atoms with E-state index in [-0.39, 0.29) is 19.0 Å². The maximum absolute atomic E-state index is 12.7. The van der Waals surface area contributed by atoms with Crippen molar-refractivity contribution in [3.8, 4) is 0 Å². The Labute approximate surface area is 96.4 Å². The van der Waals surface area contributed by atoms with Crippen LogP contribution in [0.2, 0.25) is 0 Å². The van der Waals surface area contributed by atoms with Gasteiger partial charge >= 0.3 is 12.1 Å². The van der Waals surface area contributed by atoms with Gasteiger partial charge in [0.1, 0.15) is 12.4 Å². The van der Waals surface area contributed by atoms with E-state index in [0.29, 0.717) is 5.56 Å². The van der Waals surface area contributed by atoms with Gasteiger partial charge in [-0.3, -0.25) is 4.90 Å². The molecular formula is C11H10FNO4.